The standard InChI is InChI=1S/C23H26N4O3S/c1-16-6-2-3-7-18(16)23(29)24-17-11-13-27(14-12-17)21(28)10-4-9-20-25-22(26-30-20)19-8-5-15-31-19/h2-3,5-8,15,17H,4,9-14H2,1H3,(H,24,29). The number of carbonyl (C=O) groups is 2. The van der Waals surface area contributed by atoms with Crippen LogP contribution in [0.2, 0.25) is 0 Å². The van der Waals surface area contributed by atoms with Crippen molar-refractivity contribution in [3.63, 3.8) is 0 Å². The van der Waals surface area contributed by atoms with Gasteiger partial charge in [-0.2, -0.15) is 4.98 Å². The number of aryl methyl sites for hydroxylation is 2. The number of thiophene rings is 1. The van der Waals surface area contributed by atoms with E-state index in [9.17, 15) is 9.59 Å². The molecule has 1 aromatic carbocycles. The minimum atomic E-state index is -0.0376. The van der Waals surface area contributed by atoms with Crippen LogP contribution in [0.25, 0.3) is 10.7 Å². The zero-order valence-corrected chi connectivity index (χ0v) is 18.4. The number of rotatable bonds is 7. The van der Waals surface area contributed by atoms with E-state index in [0.29, 0.717) is 49.6 Å². The quantitative estimate of drug-likeness (QED) is 0.605. The zero-order valence-electron chi connectivity index (χ0n) is 17.5. The number of carbonyl (C=O) groups excluding carboxylic acids is 2. The fourth-order valence-electron chi connectivity index (χ4n) is 3.78. The summed E-state index contributed by atoms with van der Waals surface area (Å²) >= 11 is 1.57. The fraction of sp³-hybridized carbons (Fsp3) is 0.391. The van der Waals surface area contributed by atoms with E-state index in [4.69, 9.17) is 4.52 Å². The summed E-state index contributed by atoms with van der Waals surface area (Å²) in [6.45, 7) is 3.27. The van der Waals surface area contributed by atoms with Crippen LogP contribution in [0, 0.1) is 6.92 Å². The Morgan fingerprint density at radius 1 is 1.19 bits per heavy atom. The maximum Gasteiger partial charge on any atom is 0.251 e. The lowest BCUT2D eigenvalue weighted by Gasteiger charge is -2.32. The maximum atomic E-state index is 12.5. The van der Waals surface area contributed by atoms with E-state index in [1.54, 1.807) is 11.3 Å². The first-order valence-corrected chi connectivity index (χ1v) is 11.5. The lowest BCUT2D eigenvalue weighted by atomic mass is 10.0. The molecule has 2 aromatic heterocycles. The van der Waals surface area contributed by atoms with Gasteiger partial charge in [0, 0.05) is 37.5 Å². The van der Waals surface area contributed by atoms with Gasteiger partial charge < -0.3 is 14.7 Å². The molecule has 0 bridgehead atoms. The summed E-state index contributed by atoms with van der Waals surface area (Å²) in [5.41, 5.74) is 1.68. The SMILES string of the molecule is Cc1ccccc1C(=O)NC1CCN(C(=O)CCCc2nc(-c3cccs3)no2)CC1. The van der Waals surface area contributed by atoms with Crippen molar-refractivity contribution in [2.45, 2.75) is 45.1 Å². The fourth-order valence-corrected chi connectivity index (χ4v) is 4.42. The molecule has 8 heteroatoms. The van der Waals surface area contributed by atoms with Crippen LogP contribution in [0.1, 0.15) is 47.5 Å². The van der Waals surface area contributed by atoms with Gasteiger partial charge in [0.2, 0.25) is 17.6 Å². The third-order valence-electron chi connectivity index (χ3n) is 5.56. The molecule has 3 aromatic rings. The first kappa shape index (κ1) is 21.2. The van der Waals surface area contributed by atoms with Gasteiger partial charge in [-0.1, -0.05) is 29.4 Å². The van der Waals surface area contributed by atoms with E-state index >= 15 is 0 Å². The molecule has 7 nitrogen and oxygen atoms in total. The average Bonchev–Trinajstić information content (AvgIpc) is 3.46. The summed E-state index contributed by atoms with van der Waals surface area (Å²) < 4.78 is 5.29. The largest absolute Gasteiger partial charge is 0.349 e. The number of likely N-dealkylation sites (tertiary alicyclic amines) is 1. The number of amides is 2. The topological polar surface area (TPSA) is 88.3 Å². The number of hydrogen-bond donors (Lipinski definition) is 1. The second kappa shape index (κ2) is 9.87. The number of piperidine rings is 1. The molecule has 0 radical (unpaired) electrons. The van der Waals surface area contributed by atoms with Crippen molar-refractivity contribution >= 4 is 23.2 Å². The van der Waals surface area contributed by atoms with E-state index in [0.717, 1.165) is 23.3 Å². The molecule has 162 valence electrons. The average molecular weight is 439 g/mol. The van der Waals surface area contributed by atoms with E-state index in [2.05, 4.69) is 15.5 Å². The van der Waals surface area contributed by atoms with Gasteiger partial charge in [0.1, 0.15) is 0 Å². The highest BCUT2D eigenvalue weighted by molar-refractivity contribution is 7.13. The van der Waals surface area contributed by atoms with Crippen molar-refractivity contribution < 1.29 is 14.1 Å². The van der Waals surface area contributed by atoms with Gasteiger partial charge in [-0.05, 0) is 49.3 Å². The maximum absolute atomic E-state index is 12.5. The van der Waals surface area contributed by atoms with Crippen molar-refractivity contribution in [1.82, 2.24) is 20.4 Å². The van der Waals surface area contributed by atoms with Gasteiger partial charge in [-0.3, -0.25) is 9.59 Å². The summed E-state index contributed by atoms with van der Waals surface area (Å²) in [7, 11) is 0. The Kier molecular flexibility index (Phi) is 6.76. The molecule has 3 heterocycles. The summed E-state index contributed by atoms with van der Waals surface area (Å²) in [5.74, 6) is 1.27. The van der Waals surface area contributed by atoms with Crippen molar-refractivity contribution in [2.24, 2.45) is 0 Å². The molecular weight excluding hydrogens is 412 g/mol. The Hall–Kier alpha value is -3.00. The zero-order chi connectivity index (χ0) is 21.6. The van der Waals surface area contributed by atoms with Gasteiger partial charge in [0.05, 0.1) is 4.88 Å². The van der Waals surface area contributed by atoms with Gasteiger partial charge in [0.25, 0.3) is 5.91 Å². The highest BCUT2D eigenvalue weighted by atomic mass is 32.1. The van der Waals surface area contributed by atoms with Gasteiger partial charge in [-0.15, -0.1) is 11.3 Å². The predicted molar refractivity (Wildman–Crippen MR) is 119 cm³/mol. The Bertz CT molecular complexity index is 1020. The first-order chi connectivity index (χ1) is 15.1. The molecule has 31 heavy (non-hydrogen) atoms. The molecule has 1 saturated heterocycles. The minimum Gasteiger partial charge on any atom is -0.349 e. The van der Waals surface area contributed by atoms with Crippen LogP contribution in [0.3, 0.4) is 0 Å². The predicted octanol–water partition coefficient (Wildman–Crippen LogP) is 3.85. The molecular formula is C23H26N4O3S. The minimum absolute atomic E-state index is 0.0376. The number of nitrogens with one attached hydrogen (secondary N) is 1. The highest BCUT2D eigenvalue weighted by Crippen LogP contribution is 2.22. The molecule has 0 unspecified atom stereocenters. The van der Waals surface area contributed by atoms with E-state index < -0.39 is 0 Å². The summed E-state index contributed by atoms with van der Waals surface area (Å²) in [6, 6.07) is 11.6. The van der Waals surface area contributed by atoms with Gasteiger partial charge >= 0.3 is 0 Å². The van der Waals surface area contributed by atoms with Gasteiger partial charge in [-0.25, -0.2) is 0 Å². The van der Waals surface area contributed by atoms with Crippen LogP contribution < -0.4 is 5.32 Å². The molecule has 0 aliphatic carbocycles. The van der Waals surface area contributed by atoms with Crippen LogP contribution in [-0.2, 0) is 11.2 Å². The molecule has 1 N–H and O–H groups in total. The van der Waals surface area contributed by atoms with E-state index in [1.807, 2.05) is 53.6 Å². The molecule has 1 aliphatic heterocycles. The number of nitrogens with zero attached hydrogens (tertiary/aromatic N) is 3. The monoisotopic (exact) mass is 438 g/mol. The Morgan fingerprint density at radius 2 is 2.00 bits per heavy atom. The Balaban J connectivity index is 1.18. The third-order valence-corrected chi connectivity index (χ3v) is 6.43. The molecule has 0 spiro atoms. The van der Waals surface area contributed by atoms with Crippen LogP contribution in [-0.4, -0.2) is 46.0 Å². The lowest BCUT2D eigenvalue weighted by molar-refractivity contribution is -0.132. The Labute approximate surface area is 185 Å². The summed E-state index contributed by atoms with van der Waals surface area (Å²) in [4.78, 5) is 32.3. The van der Waals surface area contributed by atoms with Crippen molar-refractivity contribution in [3.8, 4) is 10.7 Å². The van der Waals surface area contributed by atoms with Crippen molar-refractivity contribution in [1.29, 1.82) is 0 Å². The Morgan fingerprint density at radius 3 is 2.74 bits per heavy atom. The molecule has 4 rings (SSSR count). The first-order valence-electron chi connectivity index (χ1n) is 10.6. The van der Waals surface area contributed by atoms with Crippen LogP contribution in [0.15, 0.2) is 46.3 Å². The van der Waals surface area contributed by atoms with Gasteiger partial charge in [0.15, 0.2) is 0 Å². The normalized spacial score (nSPS) is 14.5. The van der Waals surface area contributed by atoms with Crippen molar-refractivity contribution in [3.05, 3.63) is 58.8 Å². The number of aromatic nitrogens is 2. The van der Waals surface area contributed by atoms with E-state index in [1.165, 1.54) is 0 Å². The van der Waals surface area contributed by atoms with Crippen LogP contribution in [0.4, 0.5) is 0 Å². The van der Waals surface area contributed by atoms with E-state index in [-0.39, 0.29) is 17.9 Å². The second-order valence-electron chi connectivity index (χ2n) is 7.79. The van der Waals surface area contributed by atoms with Crippen LogP contribution in [0.5, 0.6) is 0 Å². The third kappa shape index (κ3) is 5.38. The summed E-state index contributed by atoms with van der Waals surface area (Å²) in [5, 5.41) is 9.08. The molecule has 1 fully saturated rings. The second-order valence-corrected chi connectivity index (χ2v) is 8.73. The summed E-state index contributed by atoms with van der Waals surface area (Å²) in [6.07, 6.45) is 3.27. The van der Waals surface area contributed by atoms with Crippen LogP contribution >= 0.6 is 11.3 Å². The number of benzene rings is 1. The lowest BCUT2D eigenvalue weighted by Crippen LogP contribution is -2.46. The molecule has 2 amide bonds. The molecule has 0 saturated carbocycles. The molecule has 1 aliphatic rings. The highest BCUT2D eigenvalue weighted by Gasteiger charge is 2.24. The molecule has 0 atom stereocenters. The van der Waals surface area contributed by atoms with Crippen molar-refractivity contribution in [2.75, 3.05) is 13.1 Å². The smallest absolute Gasteiger partial charge is 0.251 e. The number of hydrogen-bond acceptors (Lipinski definition) is 6.